The highest BCUT2D eigenvalue weighted by Crippen LogP contribution is 2.24. The van der Waals surface area contributed by atoms with Crippen LogP contribution in [0.25, 0.3) is 0 Å². The van der Waals surface area contributed by atoms with Crippen LogP contribution in [-0.4, -0.2) is 55.0 Å². The van der Waals surface area contributed by atoms with E-state index in [4.69, 9.17) is 11.6 Å². The SMILES string of the molecule is CNc1ccc(Cl)cc1C(=O)N1CC(C)N(C)C(C)C1. The van der Waals surface area contributed by atoms with Crippen LogP contribution >= 0.6 is 11.6 Å². The van der Waals surface area contributed by atoms with E-state index in [1.165, 1.54) is 0 Å². The Morgan fingerprint density at radius 3 is 2.45 bits per heavy atom. The Hall–Kier alpha value is -1.26. The van der Waals surface area contributed by atoms with Crippen LogP contribution in [0.3, 0.4) is 0 Å². The van der Waals surface area contributed by atoms with Crippen LogP contribution in [0.1, 0.15) is 24.2 Å². The highest BCUT2D eigenvalue weighted by Gasteiger charge is 2.30. The van der Waals surface area contributed by atoms with E-state index in [0.29, 0.717) is 22.7 Å². The molecule has 0 spiro atoms. The molecule has 0 aromatic heterocycles. The molecule has 1 amide bonds. The number of amides is 1. The van der Waals surface area contributed by atoms with Gasteiger partial charge in [0.1, 0.15) is 0 Å². The average molecular weight is 296 g/mol. The fourth-order valence-electron chi connectivity index (χ4n) is 2.65. The summed E-state index contributed by atoms with van der Waals surface area (Å²) in [5.41, 5.74) is 1.46. The summed E-state index contributed by atoms with van der Waals surface area (Å²) in [6, 6.07) is 6.10. The van der Waals surface area contributed by atoms with Gasteiger partial charge in [0.05, 0.1) is 5.56 Å². The Balaban J connectivity index is 2.25. The number of likely N-dealkylation sites (N-methyl/N-ethyl adjacent to an activating group) is 1. The van der Waals surface area contributed by atoms with E-state index >= 15 is 0 Å². The molecular weight excluding hydrogens is 274 g/mol. The first-order valence-electron chi connectivity index (χ1n) is 6.92. The van der Waals surface area contributed by atoms with Crippen molar-refractivity contribution in [1.82, 2.24) is 9.80 Å². The lowest BCUT2D eigenvalue weighted by Gasteiger charge is -2.42. The van der Waals surface area contributed by atoms with Crippen molar-refractivity contribution in [3.05, 3.63) is 28.8 Å². The molecule has 2 unspecified atom stereocenters. The predicted octanol–water partition coefficient (Wildman–Crippen LogP) is 2.55. The second-order valence-corrected chi connectivity index (χ2v) is 5.95. The summed E-state index contributed by atoms with van der Waals surface area (Å²) in [4.78, 5) is 17.0. The van der Waals surface area contributed by atoms with Gasteiger partial charge in [-0.05, 0) is 39.1 Å². The summed E-state index contributed by atoms with van der Waals surface area (Å²) in [7, 11) is 3.92. The number of piperazine rings is 1. The normalized spacial score (nSPS) is 23.8. The minimum atomic E-state index is 0.0450. The number of nitrogens with zero attached hydrogens (tertiary/aromatic N) is 2. The first kappa shape index (κ1) is 15.1. The molecule has 1 aliphatic heterocycles. The van der Waals surface area contributed by atoms with Crippen LogP contribution in [-0.2, 0) is 0 Å². The molecule has 0 bridgehead atoms. The number of hydrogen-bond acceptors (Lipinski definition) is 3. The smallest absolute Gasteiger partial charge is 0.256 e. The zero-order valence-electron chi connectivity index (χ0n) is 12.5. The average Bonchev–Trinajstić information content (AvgIpc) is 2.43. The lowest BCUT2D eigenvalue weighted by atomic mass is 10.1. The van der Waals surface area contributed by atoms with Crippen LogP contribution < -0.4 is 5.32 Å². The lowest BCUT2D eigenvalue weighted by Crippen LogP contribution is -2.56. The molecular formula is C15H22ClN3O. The van der Waals surface area contributed by atoms with Crippen LogP contribution in [0.5, 0.6) is 0 Å². The Morgan fingerprint density at radius 1 is 1.30 bits per heavy atom. The third kappa shape index (κ3) is 2.91. The number of nitrogens with one attached hydrogen (secondary N) is 1. The van der Waals surface area contributed by atoms with Gasteiger partial charge in [-0.3, -0.25) is 9.69 Å². The lowest BCUT2D eigenvalue weighted by molar-refractivity contribution is 0.0415. The minimum Gasteiger partial charge on any atom is -0.387 e. The van der Waals surface area contributed by atoms with Gasteiger partial charge in [0.25, 0.3) is 5.91 Å². The number of rotatable bonds is 2. The van der Waals surface area contributed by atoms with Crippen molar-refractivity contribution in [3.63, 3.8) is 0 Å². The van der Waals surface area contributed by atoms with E-state index in [-0.39, 0.29) is 5.91 Å². The zero-order valence-corrected chi connectivity index (χ0v) is 13.2. The first-order valence-corrected chi connectivity index (χ1v) is 7.30. The van der Waals surface area contributed by atoms with Gasteiger partial charge in [0.15, 0.2) is 0 Å². The van der Waals surface area contributed by atoms with Crippen LogP contribution in [0.4, 0.5) is 5.69 Å². The summed E-state index contributed by atoms with van der Waals surface area (Å²) >= 11 is 6.03. The van der Waals surface area contributed by atoms with E-state index in [1.807, 2.05) is 18.0 Å². The monoisotopic (exact) mass is 295 g/mol. The topological polar surface area (TPSA) is 35.6 Å². The molecule has 1 fully saturated rings. The molecule has 1 aromatic carbocycles. The molecule has 2 rings (SSSR count). The molecule has 1 aromatic rings. The summed E-state index contributed by atoms with van der Waals surface area (Å²) in [5, 5.41) is 3.64. The first-order chi connectivity index (χ1) is 9.43. The number of carbonyl (C=O) groups is 1. The third-order valence-corrected chi connectivity index (χ3v) is 4.36. The van der Waals surface area contributed by atoms with Crippen LogP contribution in [0.2, 0.25) is 5.02 Å². The Bertz CT molecular complexity index is 494. The summed E-state index contributed by atoms with van der Waals surface area (Å²) in [6.07, 6.45) is 0. The van der Waals surface area contributed by atoms with Crippen molar-refractivity contribution in [2.45, 2.75) is 25.9 Å². The second kappa shape index (κ2) is 6.02. The van der Waals surface area contributed by atoms with Crippen molar-refractivity contribution < 1.29 is 4.79 Å². The minimum absolute atomic E-state index is 0.0450. The predicted molar refractivity (Wildman–Crippen MR) is 83.6 cm³/mol. The molecule has 5 heteroatoms. The molecule has 0 saturated carbocycles. The van der Waals surface area contributed by atoms with Crippen molar-refractivity contribution >= 4 is 23.2 Å². The number of benzene rings is 1. The largest absolute Gasteiger partial charge is 0.387 e. The van der Waals surface area contributed by atoms with E-state index in [0.717, 1.165) is 18.8 Å². The van der Waals surface area contributed by atoms with Crippen LogP contribution in [0, 0.1) is 0 Å². The summed E-state index contributed by atoms with van der Waals surface area (Å²) in [5.74, 6) is 0.0450. The molecule has 1 saturated heterocycles. The fourth-order valence-corrected chi connectivity index (χ4v) is 2.82. The van der Waals surface area contributed by atoms with Gasteiger partial charge in [-0.2, -0.15) is 0 Å². The summed E-state index contributed by atoms with van der Waals surface area (Å²) in [6.45, 7) is 5.78. The molecule has 4 nitrogen and oxygen atoms in total. The molecule has 2 atom stereocenters. The highest BCUT2D eigenvalue weighted by atomic mass is 35.5. The highest BCUT2D eigenvalue weighted by molar-refractivity contribution is 6.31. The van der Waals surface area contributed by atoms with Crippen molar-refractivity contribution in [2.75, 3.05) is 32.5 Å². The van der Waals surface area contributed by atoms with E-state index in [1.54, 1.807) is 12.1 Å². The standard InChI is InChI=1S/C15H22ClN3O/c1-10-8-19(9-11(2)18(10)4)15(20)13-7-12(16)5-6-14(13)17-3/h5-7,10-11,17H,8-9H2,1-4H3. The fraction of sp³-hybridized carbons (Fsp3) is 0.533. The number of carbonyl (C=O) groups excluding carboxylic acids is 1. The van der Waals surface area contributed by atoms with E-state index in [9.17, 15) is 4.79 Å². The van der Waals surface area contributed by atoms with Gasteiger partial charge in [0, 0.05) is 42.9 Å². The molecule has 1 heterocycles. The van der Waals surface area contributed by atoms with Gasteiger partial charge in [-0.1, -0.05) is 11.6 Å². The Morgan fingerprint density at radius 2 is 1.90 bits per heavy atom. The second-order valence-electron chi connectivity index (χ2n) is 5.51. The number of hydrogen-bond donors (Lipinski definition) is 1. The van der Waals surface area contributed by atoms with Crippen molar-refractivity contribution in [3.8, 4) is 0 Å². The zero-order chi connectivity index (χ0) is 14.9. The Labute approximate surface area is 125 Å². The van der Waals surface area contributed by atoms with Gasteiger partial charge in [-0.25, -0.2) is 0 Å². The third-order valence-electron chi connectivity index (χ3n) is 4.13. The van der Waals surface area contributed by atoms with Crippen molar-refractivity contribution in [1.29, 1.82) is 0 Å². The Kier molecular flexibility index (Phi) is 4.55. The molecule has 110 valence electrons. The van der Waals surface area contributed by atoms with E-state index in [2.05, 4.69) is 31.1 Å². The van der Waals surface area contributed by atoms with Crippen molar-refractivity contribution in [2.24, 2.45) is 0 Å². The molecule has 0 aliphatic carbocycles. The summed E-state index contributed by atoms with van der Waals surface area (Å²) < 4.78 is 0. The molecule has 20 heavy (non-hydrogen) atoms. The number of anilines is 1. The van der Waals surface area contributed by atoms with Gasteiger partial charge >= 0.3 is 0 Å². The maximum absolute atomic E-state index is 12.7. The maximum atomic E-state index is 12.7. The van der Waals surface area contributed by atoms with Crippen LogP contribution in [0.15, 0.2) is 18.2 Å². The van der Waals surface area contributed by atoms with Gasteiger partial charge in [0.2, 0.25) is 0 Å². The number of halogens is 1. The van der Waals surface area contributed by atoms with Gasteiger partial charge in [-0.15, -0.1) is 0 Å². The molecule has 1 N–H and O–H groups in total. The quantitative estimate of drug-likeness (QED) is 0.911. The van der Waals surface area contributed by atoms with Gasteiger partial charge < -0.3 is 10.2 Å². The molecule has 1 aliphatic rings. The molecule has 0 radical (unpaired) electrons. The maximum Gasteiger partial charge on any atom is 0.256 e. The van der Waals surface area contributed by atoms with E-state index < -0.39 is 0 Å².